The zero-order valence-corrected chi connectivity index (χ0v) is 10.1. The smallest absolute Gasteiger partial charge is 0.123 e. The lowest BCUT2D eigenvalue weighted by Crippen LogP contribution is -2.34. The second-order valence-electron chi connectivity index (χ2n) is 4.13. The second-order valence-corrected chi connectivity index (χ2v) is 4.57. The number of halogens is 1. The van der Waals surface area contributed by atoms with Crippen LogP contribution in [-0.2, 0) is 6.42 Å². The minimum absolute atomic E-state index is 0.205. The van der Waals surface area contributed by atoms with Crippen LogP contribution in [0.15, 0.2) is 30.9 Å². The molecule has 0 aromatic heterocycles. The first-order chi connectivity index (χ1) is 7.69. The Kier molecular flexibility index (Phi) is 3.52. The maximum atomic E-state index is 5.94. The Bertz CT molecular complexity index is 392. The van der Waals surface area contributed by atoms with Crippen LogP contribution < -0.4 is 10.1 Å². The van der Waals surface area contributed by atoms with E-state index in [-0.39, 0.29) is 6.10 Å². The fraction of sp³-hybridized carbons (Fsp3) is 0.385. The highest BCUT2D eigenvalue weighted by molar-refractivity contribution is 6.30. The number of benzene rings is 1. The van der Waals surface area contributed by atoms with Crippen molar-refractivity contribution >= 4 is 11.6 Å². The van der Waals surface area contributed by atoms with Crippen LogP contribution in [0.2, 0.25) is 5.02 Å². The molecular formula is C13H16ClNO. The van der Waals surface area contributed by atoms with Crippen molar-refractivity contribution in [1.29, 1.82) is 0 Å². The maximum absolute atomic E-state index is 5.94. The topological polar surface area (TPSA) is 21.3 Å². The molecule has 86 valence electrons. The van der Waals surface area contributed by atoms with Crippen LogP contribution >= 0.6 is 11.6 Å². The van der Waals surface area contributed by atoms with Crippen molar-refractivity contribution in [2.45, 2.75) is 25.5 Å². The standard InChI is InChI=1S/C13H16ClNO/c1-3-9(2)15-8-12-7-10-6-11(14)4-5-13(10)16-12/h3-6,9,12,15H,1,7-8H2,2H3. The molecular weight excluding hydrogens is 222 g/mol. The quantitative estimate of drug-likeness (QED) is 0.814. The summed E-state index contributed by atoms with van der Waals surface area (Å²) in [5.74, 6) is 0.961. The van der Waals surface area contributed by atoms with Crippen LogP contribution in [0.5, 0.6) is 5.75 Å². The molecule has 0 bridgehead atoms. The summed E-state index contributed by atoms with van der Waals surface area (Å²) in [5.41, 5.74) is 1.20. The predicted molar refractivity (Wildman–Crippen MR) is 67.2 cm³/mol. The number of hydrogen-bond acceptors (Lipinski definition) is 2. The molecule has 0 aliphatic carbocycles. The molecule has 1 aromatic carbocycles. The van der Waals surface area contributed by atoms with E-state index in [9.17, 15) is 0 Å². The summed E-state index contributed by atoms with van der Waals surface area (Å²) in [6.07, 6.45) is 3.02. The van der Waals surface area contributed by atoms with Gasteiger partial charge < -0.3 is 10.1 Å². The Balaban J connectivity index is 1.93. The fourth-order valence-corrected chi connectivity index (χ4v) is 2.00. The molecule has 16 heavy (non-hydrogen) atoms. The molecule has 3 heteroatoms. The van der Waals surface area contributed by atoms with Gasteiger partial charge in [-0.25, -0.2) is 0 Å². The number of ether oxygens (including phenoxy) is 1. The average molecular weight is 238 g/mol. The summed E-state index contributed by atoms with van der Waals surface area (Å²) in [7, 11) is 0. The molecule has 2 rings (SSSR count). The Morgan fingerprint density at radius 3 is 3.25 bits per heavy atom. The van der Waals surface area contributed by atoms with E-state index in [1.807, 2.05) is 24.3 Å². The van der Waals surface area contributed by atoms with Gasteiger partial charge in [0.05, 0.1) is 0 Å². The Hall–Kier alpha value is -0.990. The van der Waals surface area contributed by atoms with Gasteiger partial charge in [-0.3, -0.25) is 0 Å². The van der Waals surface area contributed by atoms with Gasteiger partial charge in [-0.1, -0.05) is 17.7 Å². The summed E-state index contributed by atoms with van der Waals surface area (Å²) in [6, 6.07) is 6.10. The highest BCUT2D eigenvalue weighted by atomic mass is 35.5. The van der Waals surface area contributed by atoms with E-state index in [0.29, 0.717) is 6.04 Å². The summed E-state index contributed by atoms with van der Waals surface area (Å²) in [5, 5.41) is 4.12. The Labute approximate surface area is 101 Å². The van der Waals surface area contributed by atoms with Gasteiger partial charge in [0.15, 0.2) is 0 Å². The van der Waals surface area contributed by atoms with Gasteiger partial charge in [-0.2, -0.15) is 0 Å². The van der Waals surface area contributed by atoms with E-state index in [2.05, 4.69) is 18.8 Å². The van der Waals surface area contributed by atoms with Crippen LogP contribution in [-0.4, -0.2) is 18.7 Å². The van der Waals surface area contributed by atoms with E-state index >= 15 is 0 Å². The Morgan fingerprint density at radius 1 is 1.69 bits per heavy atom. The molecule has 1 N–H and O–H groups in total. The minimum Gasteiger partial charge on any atom is -0.488 e. The van der Waals surface area contributed by atoms with Gasteiger partial charge in [0, 0.05) is 24.0 Å². The zero-order chi connectivity index (χ0) is 11.5. The van der Waals surface area contributed by atoms with Crippen molar-refractivity contribution < 1.29 is 4.74 Å². The lowest BCUT2D eigenvalue weighted by molar-refractivity contribution is 0.225. The van der Waals surface area contributed by atoms with Crippen molar-refractivity contribution in [2.24, 2.45) is 0 Å². The van der Waals surface area contributed by atoms with Crippen LogP contribution in [0.1, 0.15) is 12.5 Å². The van der Waals surface area contributed by atoms with Crippen molar-refractivity contribution in [3.63, 3.8) is 0 Å². The van der Waals surface area contributed by atoms with Crippen molar-refractivity contribution in [1.82, 2.24) is 5.32 Å². The van der Waals surface area contributed by atoms with Gasteiger partial charge >= 0.3 is 0 Å². The van der Waals surface area contributed by atoms with Crippen LogP contribution in [0.3, 0.4) is 0 Å². The molecule has 2 atom stereocenters. The molecule has 1 aliphatic heterocycles. The molecule has 0 spiro atoms. The van der Waals surface area contributed by atoms with Gasteiger partial charge in [0.2, 0.25) is 0 Å². The molecule has 2 nitrogen and oxygen atoms in total. The zero-order valence-electron chi connectivity index (χ0n) is 9.37. The molecule has 0 amide bonds. The van der Waals surface area contributed by atoms with E-state index in [1.165, 1.54) is 5.56 Å². The van der Waals surface area contributed by atoms with E-state index in [4.69, 9.17) is 16.3 Å². The average Bonchev–Trinajstić information content (AvgIpc) is 2.67. The first-order valence-electron chi connectivity index (χ1n) is 5.50. The largest absolute Gasteiger partial charge is 0.488 e. The second kappa shape index (κ2) is 4.89. The maximum Gasteiger partial charge on any atom is 0.123 e. The lowest BCUT2D eigenvalue weighted by Gasteiger charge is -2.14. The monoisotopic (exact) mass is 237 g/mol. The van der Waals surface area contributed by atoms with Gasteiger partial charge in [0.1, 0.15) is 11.9 Å². The summed E-state index contributed by atoms with van der Waals surface area (Å²) in [6.45, 7) is 6.64. The van der Waals surface area contributed by atoms with E-state index in [0.717, 1.165) is 23.7 Å². The third kappa shape index (κ3) is 2.57. The first-order valence-corrected chi connectivity index (χ1v) is 5.88. The SMILES string of the molecule is C=CC(C)NCC1Cc2cc(Cl)ccc2O1. The summed E-state index contributed by atoms with van der Waals surface area (Å²) in [4.78, 5) is 0. The van der Waals surface area contributed by atoms with Crippen molar-refractivity contribution in [3.8, 4) is 5.75 Å². The highest BCUT2D eigenvalue weighted by Crippen LogP contribution is 2.30. The fourth-order valence-electron chi connectivity index (χ4n) is 1.80. The van der Waals surface area contributed by atoms with Crippen molar-refractivity contribution in [2.75, 3.05) is 6.54 Å². The Morgan fingerprint density at radius 2 is 2.50 bits per heavy atom. The molecule has 1 aromatic rings. The molecule has 0 radical (unpaired) electrons. The lowest BCUT2D eigenvalue weighted by atomic mass is 10.1. The first kappa shape index (κ1) is 11.5. The number of nitrogens with one attached hydrogen (secondary N) is 1. The summed E-state index contributed by atoms with van der Waals surface area (Å²) >= 11 is 5.94. The van der Waals surface area contributed by atoms with Gasteiger partial charge in [-0.15, -0.1) is 6.58 Å². The molecule has 2 unspecified atom stereocenters. The van der Waals surface area contributed by atoms with Gasteiger partial charge in [0.25, 0.3) is 0 Å². The highest BCUT2D eigenvalue weighted by Gasteiger charge is 2.22. The molecule has 1 aliphatic rings. The van der Waals surface area contributed by atoms with E-state index < -0.39 is 0 Å². The molecule has 0 saturated carbocycles. The third-order valence-electron chi connectivity index (χ3n) is 2.78. The normalized spacial score (nSPS) is 20.0. The predicted octanol–water partition coefficient (Wildman–Crippen LogP) is 2.81. The minimum atomic E-state index is 0.205. The molecule has 0 fully saturated rings. The van der Waals surface area contributed by atoms with Crippen molar-refractivity contribution in [3.05, 3.63) is 41.4 Å². The van der Waals surface area contributed by atoms with Crippen LogP contribution in [0, 0.1) is 0 Å². The van der Waals surface area contributed by atoms with Gasteiger partial charge in [-0.05, 0) is 30.7 Å². The molecule has 1 heterocycles. The number of fused-ring (bicyclic) bond motifs is 1. The van der Waals surface area contributed by atoms with E-state index in [1.54, 1.807) is 0 Å². The number of hydrogen-bond donors (Lipinski definition) is 1. The van der Waals surface area contributed by atoms with Crippen LogP contribution in [0.25, 0.3) is 0 Å². The van der Waals surface area contributed by atoms with Crippen LogP contribution in [0.4, 0.5) is 0 Å². The molecule has 0 saturated heterocycles. The summed E-state index contributed by atoms with van der Waals surface area (Å²) < 4.78 is 5.80. The number of rotatable bonds is 4. The third-order valence-corrected chi connectivity index (χ3v) is 3.02.